The lowest BCUT2D eigenvalue weighted by molar-refractivity contribution is -0.121. The van der Waals surface area contributed by atoms with Gasteiger partial charge in [0.05, 0.1) is 18.5 Å². The van der Waals surface area contributed by atoms with Gasteiger partial charge < -0.3 is 10.5 Å². The van der Waals surface area contributed by atoms with Crippen molar-refractivity contribution in [2.45, 2.75) is 12.8 Å². The molecule has 2 rings (SSSR count). The van der Waals surface area contributed by atoms with Crippen LogP contribution >= 0.6 is 0 Å². The molecule has 0 bridgehead atoms. The molecule has 0 spiro atoms. The maximum Gasteiger partial charge on any atom is 0.234 e. The highest BCUT2D eigenvalue weighted by Crippen LogP contribution is 2.29. The minimum atomic E-state index is -0.186. The van der Waals surface area contributed by atoms with E-state index in [-0.39, 0.29) is 24.7 Å². The van der Waals surface area contributed by atoms with Gasteiger partial charge in [0.25, 0.3) is 0 Å². The van der Waals surface area contributed by atoms with Gasteiger partial charge in [-0.1, -0.05) is 0 Å². The van der Waals surface area contributed by atoms with Crippen molar-refractivity contribution in [3.8, 4) is 5.75 Å². The Balaban J connectivity index is 2.37. The Labute approximate surface area is 92.8 Å². The fraction of sp³-hybridized carbons (Fsp3) is 0.273. The largest absolute Gasteiger partial charge is 0.495 e. The first-order valence-electron chi connectivity index (χ1n) is 4.93. The molecule has 1 aliphatic rings. The number of hydrogen-bond acceptors (Lipinski definition) is 4. The van der Waals surface area contributed by atoms with E-state index in [9.17, 15) is 9.59 Å². The zero-order valence-corrected chi connectivity index (χ0v) is 8.90. The van der Waals surface area contributed by atoms with Crippen LogP contribution < -0.4 is 15.4 Å². The van der Waals surface area contributed by atoms with Crippen molar-refractivity contribution in [2.75, 3.05) is 17.7 Å². The smallest absolute Gasteiger partial charge is 0.234 e. The monoisotopic (exact) mass is 220 g/mol. The molecule has 1 aromatic carbocycles. The number of carbonyl (C=O) groups is 2. The number of nitrogen functional groups attached to an aromatic ring is 1. The number of ether oxygens (including phenoxy) is 1. The first-order chi connectivity index (χ1) is 7.63. The molecule has 0 aromatic heterocycles. The molecule has 0 saturated carbocycles. The second-order valence-corrected chi connectivity index (χ2v) is 3.55. The molecule has 1 fully saturated rings. The predicted octanol–water partition coefficient (Wildman–Crippen LogP) is 0.931. The van der Waals surface area contributed by atoms with Crippen LogP contribution in [0.15, 0.2) is 18.2 Å². The normalized spacial score (nSPS) is 15.7. The lowest BCUT2D eigenvalue weighted by Gasteiger charge is -2.15. The van der Waals surface area contributed by atoms with Gasteiger partial charge in [0.2, 0.25) is 11.8 Å². The standard InChI is InChI=1S/C11H12N2O3/c1-16-9-3-2-7(6-8(9)12)13-10(14)4-5-11(13)15/h2-3,6H,4-5,12H2,1H3. The first-order valence-corrected chi connectivity index (χ1v) is 4.93. The molecule has 0 atom stereocenters. The summed E-state index contributed by atoms with van der Waals surface area (Å²) < 4.78 is 5.00. The molecule has 1 saturated heterocycles. The van der Waals surface area contributed by atoms with Crippen LogP contribution in [0.3, 0.4) is 0 Å². The maximum atomic E-state index is 11.5. The zero-order chi connectivity index (χ0) is 11.7. The van der Waals surface area contributed by atoms with E-state index in [0.29, 0.717) is 17.1 Å². The van der Waals surface area contributed by atoms with Gasteiger partial charge in [-0.05, 0) is 18.2 Å². The average molecular weight is 220 g/mol. The number of amides is 2. The van der Waals surface area contributed by atoms with Gasteiger partial charge >= 0.3 is 0 Å². The molecule has 84 valence electrons. The van der Waals surface area contributed by atoms with E-state index < -0.39 is 0 Å². The number of nitrogens with zero attached hydrogens (tertiary/aromatic N) is 1. The summed E-state index contributed by atoms with van der Waals surface area (Å²) in [4.78, 5) is 24.1. The van der Waals surface area contributed by atoms with Gasteiger partial charge in [-0.2, -0.15) is 0 Å². The van der Waals surface area contributed by atoms with E-state index in [1.807, 2.05) is 0 Å². The van der Waals surface area contributed by atoms with E-state index in [0.717, 1.165) is 4.90 Å². The minimum absolute atomic E-state index is 0.186. The average Bonchev–Trinajstić information content (AvgIpc) is 2.58. The third-order valence-corrected chi connectivity index (χ3v) is 2.52. The van der Waals surface area contributed by atoms with Crippen molar-refractivity contribution in [1.29, 1.82) is 0 Å². The molecule has 1 aliphatic heterocycles. The van der Waals surface area contributed by atoms with Crippen LogP contribution in [0.4, 0.5) is 11.4 Å². The first kappa shape index (κ1) is 10.5. The summed E-state index contributed by atoms with van der Waals surface area (Å²) in [5.74, 6) is 0.159. The van der Waals surface area contributed by atoms with Crippen molar-refractivity contribution in [2.24, 2.45) is 0 Å². The molecule has 1 heterocycles. The fourth-order valence-corrected chi connectivity index (χ4v) is 1.73. The summed E-state index contributed by atoms with van der Waals surface area (Å²) in [6, 6.07) is 4.86. The number of carbonyl (C=O) groups excluding carboxylic acids is 2. The molecule has 0 unspecified atom stereocenters. The summed E-state index contributed by atoms with van der Waals surface area (Å²) in [5, 5.41) is 0. The Morgan fingerprint density at radius 2 is 1.88 bits per heavy atom. The summed E-state index contributed by atoms with van der Waals surface area (Å²) in [6.45, 7) is 0. The second kappa shape index (κ2) is 3.84. The quantitative estimate of drug-likeness (QED) is 0.594. The van der Waals surface area contributed by atoms with Crippen LogP contribution in [0.1, 0.15) is 12.8 Å². The van der Waals surface area contributed by atoms with Gasteiger partial charge in [-0.25, -0.2) is 0 Å². The maximum absolute atomic E-state index is 11.5. The Morgan fingerprint density at radius 1 is 1.25 bits per heavy atom. The van der Waals surface area contributed by atoms with Crippen LogP contribution in [0.2, 0.25) is 0 Å². The van der Waals surface area contributed by atoms with Gasteiger partial charge in [0.1, 0.15) is 5.75 Å². The molecular formula is C11H12N2O3. The lowest BCUT2D eigenvalue weighted by Crippen LogP contribution is -2.28. The molecule has 2 amide bonds. The van der Waals surface area contributed by atoms with Gasteiger partial charge in [-0.3, -0.25) is 14.5 Å². The Morgan fingerprint density at radius 3 is 2.38 bits per heavy atom. The molecule has 5 nitrogen and oxygen atoms in total. The number of anilines is 2. The molecule has 0 aliphatic carbocycles. The molecule has 2 N–H and O–H groups in total. The van der Waals surface area contributed by atoms with E-state index in [2.05, 4.69) is 0 Å². The number of nitrogens with two attached hydrogens (primary N) is 1. The highest BCUT2D eigenvalue weighted by Gasteiger charge is 2.30. The van der Waals surface area contributed by atoms with Crippen molar-refractivity contribution in [3.05, 3.63) is 18.2 Å². The Hall–Kier alpha value is -2.04. The zero-order valence-electron chi connectivity index (χ0n) is 8.90. The second-order valence-electron chi connectivity index (χ2n) is 3.55. The highest BCUT2D eigenvalue weighted by molar-refractivity contribution is 6.20. The van der Waals surface area contributed by atoms with E-state index in [1.54, 1.807) is 18.2 Å². The fourth-order valence-electron chi connectivity index (χ4n) is 1.73. The van der Waals surface area contributed by atoms with Gasteiger partial charge in [0.15, 0.2) is 0 Å². The van der Waals surface area contributed by atoms with E-state index in [4.69, 9.17) is 10.5 Å². The van der Waals surface area contributed by atoms with Crippen molar-refractivity contribution < 1.29 is 14.3 Å². The van der Waals surface area contributed by atoms with Crippen LogP contribution in [0, 0.1) is 0 Å². The number of rotatable bonds is 2. The SMILES string of the molecule is COc1ccc(N2C(=O)CCC2=O)cc1N. The van der Waals surface area contributed by atoms with Gasteiger partial charge in [0, 0.05) is 12.8 Å². The highest BCUT2D eigenvalue weighted by atomic mass is 16.5. The lowest BCUT2D eigenvalue weighted by atomic mass is 10.2. The summed E-state index contributed by atoms with van der Waals surface area (Å²) in [5.41, 5.74) is 6.63. The van der Waals surface area contributed by atoms with Gasteiger partial charge in [-0.15, -0.1) is 0 Å². The number of hydrogen-bond donors (Lipinski definition) is 1. The third-order valence-electron chi connectivity index (χ3n) is 2.52. The Kier molecular flexibility index (Phi) is 2.52. The Bertz CT molecular complexity index is 441. The molecular weight excluding hydrogens is 208 g/mol. The molecule has 16 heavy (non-hydrogen) atoms. The number of benzene rings is 1. The van der Waals surface area contributed by atoms with Crippen molar-refractivity contribution >= 4 is 23.2 Å². The summed E-state index contributed by atoms with van der Waals surface area (Å²) in [7, 11) is 1.51. The van der Waals surface area contributed by atoms with Crippen LogP contribution in [0.25, 0.3) is 0 Å². The third kappa shape index (κ3) is 1.60. The van der Waals surface area contributed by atoms with E-state index in [1.165, 1.54) is 7.11 Å². The van der Waals surface area contributed by atoms with Crippen molar-refractivity contribution in [3.63, 3.8) is 0 Å². The van der Waals surface area contributed by atoms with Crippen LogP contribution in [-0.2, 0) is 9.59 Å². The molecule has 1 aromatic rings. The minimum Gasteiger partial charge on any atom is -0.495 e. The van der Waals surface area contributed by atoms with Crippen LogP contribution in [0.5, 0.6) is 5.75 Å². The summed E-state index contributed by atoms with van der Waals surface area (Å²) >= 11 is 0. The molecule has 0 radical (unpaired) electrons. The van der Waals surface area contributed by atoms with Crippen LogP contribution in [-0.4, -0.2) is 18.9 Å². The number of imide groups is 1. The predicted molar refractivity (Wildman–Crippen MR) is 59.1 cm³/mol. The summed E-state index contributed by atoms with van der Waals surface area (Å²) in [6.07, 6.45) is 0.537. The van der Waals surface area contributed by atoms with E-state index >= 15 is 0 Å². The topological polar surface area (TPSA) is 72.6 Å². The van der Waals surface area contributed by atoms with Crippen molar-refractivity contribution in [1.82, 2.24) is 0 Å². The number of methoxy groups -OCH3 is 1. The molecule has 5 heteroatoms.